The van der Waals surface area contributed by atoms with Crippen LogP contribution >= 0.6 is 0 Å². The first kappa shape index (κ1) is 18.0. The van der Waals surface area contributed by atoms with Crippen LogP contribution in [0.3, 0.4) is 0 Å². The van der Waals surface area contributed by atoms with Crippen LogP contribution in [0.5, 0.6) is 0 Å². The highest BCUT2D eigenvalue weighted by Crippen LogP contribution is 2.38. The van der Waals surface area contributed by atoms with Crippen molar-refractivity contribution in [3.63, 3.8) is 0 Å². The van der Waals surface area contributed by atoms with Crippen LogP contribution < -0.4 is 5.32 Å². The van der Waals surface area contributed by atoms with E-state index in [-0.39, 0.29) is 17.4 Å². The number of carbonyl (C=O) groups excluding carboxylic acids is 2. The molecule has 1 aromatic rings. The van der Waals surface area contributed by atoms with Crippen LogP contribution in [-0.4, -0.2) is 42.0 Å². The van der Waals surface area contributed by atoms with Crippen molar-refractivity contribution in [1.82, 2.24) is 10.2 Å². The standard InChI is InChI=1S/C19H28N2O4/c1-14-3-4-17(25-14)13-20-18(23)11-16-5-10-24-19(12-16)6-8-21(9-7-19)15(2)22/h3-4,16H,5-13H2,1-2H3,(H,20,23). The topological polar surface area (TPSA) is 71.8 Å². The second kappa shape index (κ2) is 7.60. The van der Waals surface area contributed by atoms with E-state index in [2.05, 4.69) is 5.32 Å². The van der Waals surface area contributed by atoms with Crippen LogP contribution in [-0.2, 0) is 20.9 Å². The maximum absolute atomic E-state index is 12.3. The lowest BCUT2D eigenvalue weighted by Crippen LogP contribution is -2.50. The fraction of sp³-hybridized carbons (Fsp3) is 0.684. The van der Waals surface area contributed by atoms with Crippen molar-refractivity contribution in [3.8, 4) is 0 Å². The van der Waals surface area contributed by atoms with Crippen LogP contribution in [0.15, 0.2) is 16.5 Å². The molecule has 1 unspecified atom stereocenters. The van der Waals surface area contributed by atoms with Gasteiger partial charge < -0.3 is 19.4 Å². The predicted molar refractivity (Wildman–Crippen MR) is 92.8 cm³/mol. The largest absolute Gasteiger partial charge is 0.465 e. The molecule has 2 aliphatic heterocycles. The van der Waals surface area contributed by atoms with E-state index in [1.165, 1.54) is 0 Å². The van der Waals surface area contributed by atoms with Gasteiger partial charge in [-0.05, 0) is 50.7 Å². The Kier molecular flexibility index (Phi) is 5.47. The number of nitrogens with zero attached hydrogens (tertiary/aromatic N) is 1. The SMILES string of the molecule is CC(=O)N1CCC2(CC1)CC(CC(=O)NCc1ccc(C)o1)CCO2. The first-order valence-corrected chi connectivity index (χ1v) is 9.17. The molecule has 0 bridgehead atoms. The van der Waals surface area contributed by atoms with Crippen molar-refractivity contribution in [2.45, 2.75) is 58.1 Å². The summed E-state index contributed by atoms with van der Waals surface area (Å²) in [5.74, 6) is 2.18. The molecule has 6 nitrogen and oxygen atoms in total. The lowest BCUT2D eigenvalue weighted by atomic mass is 9.78. The maximum Gasteiger partial charge on any atom is 0.220 e. The Bertz CT molecular complexity index is 617. The number of hydrogen-bond acceptors (Lipinski definition) is 4. The maximum atomic E-state index is 12.3. The molecule has 6 heteroatoms. The van der Waals surface area contributed by atoms with Gasteiger partial charge >= 0.3 is 0 Å². The van der Waals surface area contributed by atoms with Gasteiger partial charge in [-0.3, -0.25) is 9.59 Å². The number of hydrogen-bond donors (Lipinski definition) is 1. The van der Waals surface area contributed by atoms with E-state index in [1.54, 1.807) is 6.92 Å². The number of furan rings is 1. The first-order valence-electron chi connectivity index (χ1n) is 9.17. The molecule has 138 valence electrons. The van der Waals surface area contributed by atoms with Crippen LogP contribution in [0.4, 0.5) is 0 Å². The normalized spacial score (nSPS) is 22.8. The average Bonchev–Trinajstić information content (AvgIpc) is 2.99. The van der Waals surface area contributed by atoms with Gasteiger partial charge in [0, 0.05) is 33.0 Å². The molecule has 2 fully saturated rings. The Morgan fingerprint density at radius 2 is 2.08 bits per heavy atom. The lowest BCUT2D eigenvalue weighted by Gasteiger charge is -2.46. The molecule has 0 aliphatic carbocycles. The summed E-state index contributed by atoms with van der Waals surface area (Å²) in [4.78, 5) is 25.6. The third-order valence-corrected chi connectivity index (χ3v) is 5.44. The Morgan fingerprint density at radius 1 is 1.32 bits per heavy atom. The van der Waals surface area contributed by atoms with Crippen molar-refractivity contribution in [2.75, 3.05) is 19.7 Å². The molecule has 3 rings (SSSR count). The molecule has 2 amide bonds. The Labute approximate surface area is 148 Å². The van der Waals surface area contributed by atoms with E-state index < -0.39 is 0 Å². The summed E-state index contributed by atoms with van der Waals surface area (Å²) in [6.07, 6.45) is 4.10. The molecule has 0 radical (unpaired) electrons. The number of likely N-dealkylation sites (tertiary alicyclic amines) is 1. The van der Waals surface area contributed by atoms with E-state index in [0.29, 0.717) is 25.5 Å². The van der Waals surface area contributed by atoms with Crippen LogP contribution in [0.2, 0.25) is 0 Å². The second-order valence-corrected chi connectivity index (χ2v) is 7.39. The molecule has 2 aliphatic rings. The van der Waals surface area contributed by atoms with Gasteiger partial charge in [-0.2, -0.15) is 0 Å². The Morgan fingerprint density at radius 3 is 2.72 bits per heavy atom. The quantitative estimate of drug-likeness (QED) is 0.907. The molecular weight excluding hydrogens is 320 g/mol. The molecule has 1 aromatic heterocycles. The van der Waals surface area contributed by atoms with Crippen molar-refractivity contribution in [2.24, 2.45) is 5.92 Å². The summed E-state index contributed by atoms with van der Waals surface area (Å²) < 4.78 is 11.6. The number of piperidine rings is 1. The number of ether oxygens (including phenoxy) is 1. The van der Waals surface area contributed by atoms with Gasteiger partial charge in [0.1, 0.15) is 11.5 Å². The monoisotopic (exact) mass is 348 g/mol. The smallest absolute Gasteiger partial charge is 0.220 e. The lowest BCUT2D eigenvalue weighted by molar-refractivity contribution is -0.147. The molecule has 1 spiro atoms. The van der Waals surface area contributed by atoms with Gasteiger partial charge in [0.15, 0.2) is 0 Å². The summed E-state index contributed by atoms with van der Waals surface area (Å²) in [5, 5.41) is 2.95. The third kappa shape index (κ3) is 4.63. The van der Waals surface area contributed by atoms with Crippen LogP contribution in [0.25, 0.3) is 0 Å². The molecule has 25 heavy (non-hydrogen) atoms. The minimum absolute atomic E-state index is 0.0669. The summed E-state index contributed by atoms with van der Waals surface area (Å²) in [6, 6.07) is 3.79. The zero-order valence-electron chi connectivity index (χ0n) is 15.2. The zero-order chi connectivity index (χ0) is 17.9. The number of rotatable bonds is 4. The molecule has 0 aromatic carbocycles. The summed E-state index contributed by atoms with van der Waals surface area (Å²) in [7, 11) is 0. The number of nitrogens with one attached hydrogen (secondary N) is 1. The van der Waals surface area contributed by atoms with Crippen molar-refractivity contribution in [3.05, 3.63) is 23.7 Å². The van der Waals surface area contributed by atoms with E-state index in [0.717, 1.165) is 50.3 Å². The number of aryl methyl sites for hydroxylation is 1. The summed E-state index contributed by atoms with van der Waals surface area (Å²) in [5.41, 5.74) is -0.146. The third-order valence-electron chi connectivity index (χ3n) is 5.44. The summed E-state index contributed by atoms with van der Waals surface area (Å²) in [6.45, 7) is 6.17. The molecular formula is C19H28N2O4. The van der Waals surface area contributed by atoms with E-state index in [9.17, 15) is 9.59 Å². The molecule has 1 atom stereocenters. The van der Waals surface area contributed by atoms with Crippen molar-refractivity contribution in [1.29, 1.82) is 0 Å². The zero-order valence-corrected chi connectivity index (χ0v) is 15.2. The predicted octanol–water partition coefficient (Wildman–Crippen LogP) is 2.40. The fourth-order valence-electron chi connectivity index (χ4n) is 3.98. The van der Waals surface area contributed by atoms with Crippen molar-refractivity contribution >= 4 is 11.8 Å². The molecule has 1 N–H and O–H groups in total. The van der Waals surface area contributed by atoms with Crippen LogP contribution in [0.1, 0.15) is 50.5 Å². The highest BCUT2D eigenvalue weighted by atomic mass is 16.5. The number of amides is 2. The van der Waals surface area contributed by atoms with Gasteiger partial charge in [0.05, 0.1) is 12.1 Å². The Balaban J connectivity index is 1.46. The van der Waals surface area contributed by atoms with Gasteiger partial charge in [-0.15, -0.1) is 0 Å². The number of carbonyl (C=O) groups is 2. The minimum Gasteiger partial charge on any atom is -0.465 e. The van der Waals surface area contributed by atoms with Gasteiger partial charge in [0.2, 0.25) is 11.8 Å². The highest BCUT2D eigenvalue weighted by molar-refractivity contribution is 5.76. The van der Waals surface area contributed by atoms with Gasteiger partial charge in [-0.25, -0.2) is 0 Å². The minimum atomic E-state index is -0.146. The fourth-order valence-corrected chi connectivity index (χ4v) is 3.98. The van der Waals surface area contributed by atoms with E-state index >= 15 is 0 Å². The van der Waals surface area contributed by atoms with E-state index in [4.69, 9.17) is 9.15 Å². The van der Waals surface area contributed by atoms with Crippen molar-refractivity contribution < 1.29 is 18.7 Å². The van der Waals surface area contributed by atoms with E-state index in [1.807, 2.05) is 24.0 Å². The Hall–Kier alpha value is -1.82. The second-order valence-electron chi connectivity index (χ2n) is 7.39. The highest BCUT2D eigenvalue weighted by Gasteiger charge is 2.41. The molecule has 3 heterocycles. The van der Waals surface area contributed by atoms with Crippen LogP contribution in [0, 0.1) is 12.8 Å². The first-order chi connectivity index (χ1) is 12.0. The molecule has 2 saturated heterocycles. The molecule has 0 saturated carbocycles. The van der Waals surface area contributed by atoms with Gasteiger partial charge in [-0.1, -0.05) is 0 Å². The average molecular weight is 348 g/mol. The summed E-state index contributed by atoms with van der Waals surface area (Å²) >= 11 is 0. The van der Waals surface area contributed by atoms with Gasteiger partial charge in [0.25, 0.3) is 0 Å².